The van der Waals surface area contributed by atoms with E-state index in [1.807, 2.05) is 31.2 Å². The third kappa shape index (κ3) is 2.37. The molecule has 0 unspecified atom stereocenters. The Balaban J connectivity index is 1.82. The van der Waals surface area contributed by atoms with E-state index in [0.29, 0.717) is 11.6 Å². The highest BCUT2D eigenvalue weighted by atomic mass is 16.3. The number of carbonyl (C=O) groups is 1. The second kappa shape index (κ2) is 4.20. The molecule has 2 aromatic rings. The number of amides is 1. The minimum Gasteiger partial charge on any atom is -0.444 e. The highest BCUT2D eigenvalue weighted by molar-refractivity contribution is 6.00. The largest absolute Gasteiger partial charge is 0.444 e. The van der Waals surface area contributed by atoms with E-state index in [0.717, 1.165) is 24.1 Å². The molecule has 0 bridgehead atoms. The Morgan fingerprint density at radius 2 is 2.26 bits per heavy atom. The molecule has 1 aliphatic rings. The molecule has 0 atom stereocenters. The zero-order valence-electron chi connectivity index (χ0n) is 10.6. The van der Waals surface area contributed by atoms with Crippen LogP contribution in [0.3, 0.4) is 0 Å². The summed E-state index contributed by atoms with van der Waals surface area (Å²) >= 11 is 0. The van der Waals surface area contributed by atoms with Crippen molar-refractivity contribution in [3.8, 4) is 11.5 Å². The van der Waals surface area contributed by atoms with Crippen LogP contribution in [0.4, 0.5) is 5.69 Å². The second-order valence-electron chi connectivity index (χ2n) is 4.99. The van der Waals surface area contributed by atoms with Crippen molar-refractivity contribution < 1.29 is 9.21 Å². The summed E-state index contributed by atoms with van der Waals surface area (Å²) in [5, 5.41) is 2.83. The van der Waals surface area contributed by atoms with E-state index < -0.39 is 5.54 Å². The number of hydrogen-bond acceptors (Lipinski definition) is 4. The van der Waals surface area contributed by atoms with Crippen LogP contribution in [0.1, 0.15) is 18.5 Å². The maximum atomic E-state index is 11.9. The van der Waals surface area contributed by atoms with Crippen LogP contribution < -0.4 is 11.1 Å². The molecular formula is C14H15N3O2. The fourth-order valence-electron chi connectivity index (χ4n) is 1.83. The van der Waals surface area contributed by atoms with Crippen molar-refractivity contribution >= 4 is 11.6 Å². The molecule has 1 fully saturated rings. The van der Waals surface area contributed by atoms with Crippen LogP contribution in [-0.4, -0.2) is 16.4 Å². The van der Waals surface area contributed by atoms with Crippen molar-refractivity contribution in [3.63, 3.8) is 0 Å². The number of aryl methyl sites for hydroxylation is 1. The first-order valence-electron chi connectivity index (χ1n) is 6.20. The number of anilines is 1. The van der Waals surface area contributed by atoms with Crippen LogP contribution in [0.15, 0.2) is 34.9 Å². The highest BCUT2D eigenvalue weighted by Gasteiger charge is 2.45. The summed E-state index contributed by atoms with van der Waals surface area (Å²) in [4.78, 5) is 16.1. The van der Waals surface area contributed by atoms with Gasteiger partial charge in [0, 0.05) is 11.3 Å². The van der Waals surface area contributed by atoms with Gasteiger partial charge in [-0.3, -0.25) is 4.79 Å². The number of oxazole rings is 1. The predicted molar refractivity (Wildman–Crippen MR) is 71.5 cm³/mol. The van der Waals surface area contributed by atoms with Gasteiger partial charge in [0.2, 0.25) is 11.8 Å². The van der Waals surface area contributed by atoms with Gasteiger partial charge in [0.1, 0.15) is 6.26 Å². The summed E-state index contributed by atoms with van der Waals surface area (Å²) in [5.41, 5.74) is 7.53. The summed E-state index contributed by atoms with van der Waals surface area (Å²) < 4.78 is 5.34. The van der Waals surface area contributed by atoms with Gasteiger partial charge in [-0.1, -0.05) is 6.07 Å². The van der Waals surface area contributed by atoms with E-state index in [1.54, 1.807) is 6.26 Å². The standard InChI is InChI=1S/C14H15N3O2/c1-9-8-19-12(16-9)10-3-2-4-11(7-10)17-13(18)14(15)5-6-14/h2-4,7-8H,5-6,15H2,1H3,(H,17,18). The number of benzene rings is 1. The fraction of sp³-hybridized carbons (Fsp3) is 0.286. The molecule has 0 saturated heterocycles. The smallest absolute Gasteiger partial charge is 0.244 e. The molecule has 0 radical (unpaired) electrons. The van der Waals surface area contributed by atoms with Crippen molar-refractivity contribution in [2.45, 2.75) is 25.3 Å². The van der Waals surface area contributed by atoms with Crippen LogP contribution in [-0.2, 0) is 4.79 Å². The molecule has 1 saturated carbocycles. The van der Waals surface area contributed by atoms with E-state index in [-0.39, 0.29) is 5.91 Å². The lowest BCUT2D eigenvalue weighted by Gasteiger charge is -2.10. The third-order valence-corrected chi connectivity index (χ3v) is 3.23. The second-order valence-corrected chi connectivity index (χ2v) is 4.99. The van der Waals surface area contributed by atoms with E-state index in [1.165, 1.54) is 0 Å². The van der Waals surface area contributed by atoms with Gasteiger partial charge in [-0.2, -0.15) is 0 Å². The molecule has 19 heavy (non-hydrogen) atoms. The maximum Gasteiger partial charge on any atom is 0.244 e. The van der Waals surface area contributed by atoms with Crippen LogP contribution in [0, 0.1) is 6.92 Å². The number of carbonyl (C=O) groups excluding carboxylic acids is 1. The van der Waals surface area contributed by atoms with E-state index in [4.69, 9.17) is 10.2 Å². The lowest BCUT2D eigenvalue weighted by molar-refractivity contribution is -0.118. The lowest BCUT2D eigenvalue weighted by atomic mass is 10.2. The molecule has 1 amide bonds. The van der Waals surface area contributed by atoms with Crippen LogP contribution >= 0.6 is 0 Å². The molecule has 1 aliphatic carbocycles. The van der Waals surface area contributed by atoms with E-state index in [9.17, 15) is 4.79 Å². The van der Waals surface area contributed by atoms with Gasteiger partial charge >= 0.3 is 0 Å². The zero-order chi connectivity index (χ0) is 13.5. The molecular weight excluding hydrogens is 242 g/mol. The van der Waals surface area contributed by atoms with Gasteiger partial charge in [-0.15, -0.1) is 0 Å². The minimum absolute atomic E-state index is 0.131. The van der Waals surface area contributed by atoms with Crippen LogP contribution in [0.25, 0.3) is 11.5 Å². The van der Waals surface area contributed by atoms with E-state index in [2.05, 4.69) is 10.3 Å². The molecule has 3 rings (SSSR count). The molecule has 1 aromatic carbocycles. The number of hydrogen-bond donors (Lipinski definition) is 2. The fourth-order valence-corrected chi connectivity index (χ4v) is 1.83. The maximum absolute atomic E-state index is 11.9. The topological polar surface area (TPSA) is 81.2 Å². The molecule has 5 nitrogen and oxygen atoms in total. The number of aromatic nitrogens is 1. The third-order valence-electron chi connectivity index (χ3n) is 3.23. The van der Waals surface area contributed by atoms with Crippen molar-refractivity contribution in [1.29, 1.82) is 0 Å². The van der Waals surface area contributed by atoms with Crippen molar-refractivity contribution in [1.82, 2.24) is 4.98 Å². The molecule has 1 heterocycles. The Morgan fingerprint density at radius 3 is 2.89 bits per heavy atom. The van der Waals surface area contributed by atoms with Crippen LogP contribution in [0.5, 0.6) is 0 Å². The highest BCUT2D eigenvalue weighted by Crippen LogP contribution is 2.33. The average Bonchev–Trinajstić information content (AvgIpc) is 2.99. The van der Waals surface area contributed by atoms with Gasteiger partial charge in [-0.05, 0) is 38.0 Å². The van der Waals surface area contributed by atoms with Crippen molar-refractivity contribution in [3.05, 3.63) is 36.2 Å². The number of rotatable bonds is 3. The van der Waals surface area contributed by atoms with Gasteiger partial charge in [0.25, 0.3) is 0 Å². The summed E-state index contributed by atoms with van der Waals surface area (Å²) in [5.74, 6) is 0.413. The Hall–Kier alpha value is -2.14. The lowest BCUT2D eigenvalue weighted by Crippen LogP contribution is -2.37. The molecule has 0 aliphatic heterocycles. The molecule has 0 spiro atoms. The Bertz CT molecular complexity index is 629. The number of nitrogens with one attached hydrogen (secondary N) is 1. The summed E-state index contributed by atoms with van der Waals surface area (Å²) in [6, 6.07) is 7.38. The first kappa shape index (κ1) is 11.9. The van der Waals surface area contributed by atoms with Gasteiger partial charge in [-0.25, -0.2) is 4.98 Å². The van der Waals surface area contributed by atoms with Gasteiger partial charge in [0.15, 0.2) is 0 Å². The predicted octanol–water partition coefficient (Wildman–Crippen LogP) is 2.08. The summed E-state index contributed by atoms with van der Waals surface area (Å²) in [7, 11) is 0. The number of nitrogens with two attached hydrogens (primary N) is 1. The van der Waals surface area contributed by atoms with Gasteiger partial charge in [0.05, 0.1) is 11.2 Å². The summed E-state index contributed by atoms with van der Waals surface area (Å²) in [6.45, 7) is 1.86. The minimum atomic E-state index is -0.671. The average molecular weight is 257 g/mol. The normalized spacial score (nSPS) is 16.1. The first-order chi connectivity index (χ1) is 9.07. The molecule has 3 N–H and O–H groups in total. The Kier molecular flexibility index (Phi) is 2.64. The molecule has 1 aromatic heterocycles. The van der Waals surface area contributed by atoms with Crippen molar-refractivity contribution in [2.24, 2.45) is 5.73 Å². The Labute approximate surface area is 110 Å². The SMILES string of the molecule is Cc1coc(-c2cccc(NC(=O)C3(N)CC3)c2)n1. The first-order valence-corrected chi connectivity index (χ1v) is 6.20. The van der Waals surface area contributed by atoms with Gasteiger partial charge < -0.3 is 15.5 Å². The van der Waals surface area contributed by atoms with Crippen molar-refractivity contribution in [2.75, 3.05) is 5.32 Å². The number of nitrogens with zero attached hydrogens (tertiary/aromatic N) is 1. The summed E-state index contributed by atoms with van der Waals surface area (Å²) in [6.07, 6.45) is 3.09. The quantitative estimate of drug-likeness (QED) is 0.882. The van der Waals surface area contributed by atoms with E-state index >= 15 is 0 Å². The Morgan fingerprint density at radius 1 is 1.47 bits per heavy atom. The zero-order valence-corrected chi connectivity index (χ0v) is 10.6. The molecule has 5 heteroatoms. The molecule has 98 valence electrons. The van der Waals surface area contributed by atoms with Crippen LogP contribution in [0.2, 0.25) is 0 Å². The monoisotopic (exact) mass is 257 g/mol.